The number of rotatable bonds is 6. The number of ether oxygens (including phenoxy) is 1. The quantitative estimate of drug-likeness (QED) is 0.411. The molecule has 0 saturated heterocycles. The first kappa shape index (κ1) is 18.1. The molecule has 4 rings (SSSR count). The Balaban J connectivity index is 1.62. The highest BCUT2D eigenvalue weighted by molar-refractivity contribution is 6.35. The molecular weight excluding hydrogens is 379 g/mol. The Kier molecular flexibility index (Phi) is 5.44. The van der Waals surface area contributed by atoms with Crippen molar-refractivity contribution in [2.75, 3.05) is 0 Å². The van der Waals surface area contributed by atoms with Gasteiger partial charge in [-0.2, -0.15) is 0 Å². The predicted octanol–water partition coefficient (Wildman–Crippen LogP) is 6.37. The monoisotopic (exact) mass is 396 g/mol. The van der Waals surface area contributed by atoms with Crippen molar-refractivity contribution in [3.05, 3.63) is 100 Å². The van der Waals surface area contributed by atoms with Crippen molar-refractivity contribution in [2.45, 2.75) is 19.1 Å². The van der Waals surface area contributed by atoms with Crippen molar-refractivity contribution in [1.82, 2.24) is 9.97 Å². The van der Waals surface area contributed by atoms with Gasteiger partial charge >= 0.3 is 0 Å². The number of hydrogen-bond donors (Lipinski definition) is 1. The molecule has 1 aromatic heterocycles. The normalized spacial score (nSPS) is 12.4. The predicted molar refractivity (Wildman–Crippen MR) is 110 cm³/mol. The molecule has 0 bridgehead atoms. The van der Waals surface area contributed by atoms with Gasteiger partial charge in [0.05, 0.1) is 12.7 Å². The van der Waals surface area contributed by atoms with Gasteiger partial charge in [0.1, 0.15) is 5.82 Å². The fourth-order valence-electron chi connectivity index (χ4n) is 3.22. The number of fused-ring (bicyclic) bond motifs is 1. The third-order valence-corrected chi connectivity index (χ3v) is 5.13. The topological polar surface area (TPSA) is 37.9 Å². The maximum Gasteiger partial charge on any atom is 0.108 e. The molecule has 0 aliphatic rings. The third kappa shape index (κ3) is 4.16. The van der Waals surface area contributed by atoms with Crippen LogP contribution in [0.3, 0.4) is 0 Å². The van der Waals surface area contributed by atoms with Gasteiger partial charge in [-0.05, 0) is 34.0 Å². The number of benzene rings is 3. The maximum absolute atomic E-state index is 6.45. The molecule has 0 spiro atoms. The van der Waals surface area contributed by atoms with Crippen LogP contribution in [0.15, 0.2) is 73.1 Å². The van der Waals surface area contributed by atoms with E-state index in [0.717, 1.165) is 17.0 Å². The van der Waals surface area contributed by atoms with Crippen molar-refractivity contribution >= 4 is 34.0 Å². The lowest BCUT2D eigenvalue weighted by atomic mass is 10.0. The summed E-state index contributed by atoms with van der Waals surface area (Å²) < 4.78 is 6.33. The van der Waals surface area contributed by atoms with Crippen LogP contribution in [0.5, 0.6) is 0 Å². The lowest BCUT2D eigenvalue weighted by Gasteiger charge is -2.20. The van der Waals surface area contributed by atoms with E-state index in [1.807, 2.05) is 24.3 Å². The molecule has 1 unspecified atom stereocenters. The lowest BCUT2D eigenvalue weighted by molar-refractivity contribution is 0.0394. The second-order valence-electron chi connectivity index (χ2n) is 6.34. The van der Waals surface area contributed by atoms with Gasteiger partial charge in [-0.1, -0.05) is 71.7 Å². The van der Waals surface area contributed by atoms with Gasteiger partial charge in [0, 0.05) is 28.9 Å². The summed E-state index contributed by atoms with van der Waals surface area (Å²) in [6.45, 7) is 0.478. The Morgan fingerprint density at radius 1 is 1.00 bits per heavy atom. The van der Waals surface area contributed by atoms with Crippen LogP contribution in [0.2, 0.25) is 10.0 Å². The number of H-pyrrole nitrogens is 1. The molecular formula is C22H18Cl2N2O. The van der Waals surface area contributed by atoms with Crippen LogP contribution >= 0.6 is 23.2 Å². The zero-order valence-corrected chi connectivity index (χ0v) is 16.0. The van der Waals surface area contributed by atoms with Crippen molar-refractivity contribution < 1.29 is 4.74 Å². The van der Waals surface area contributed by atoms with Crippen LogP contribution in [0.4, 0.5) is 0 Å². The zero-order chi connectivity index (χ0) is 18.6. The number of aromatic nitrogens is 2. The summed E-state index contributed by atoms with van der Waals surface area (Å²) in [5.41, 5.74) is 2.04. The van der Waals surface area contributed by atoms with E-state index in [1.54, 1.807) is 18.5 Å². The fourth-order valence-corrected chi connectivity index (χ4v) is 3.75. The van der Waals surface area contributed by atoms with E-state index in [2.05, 4.69) is 40.3 Å². The van der Waals surface area contributed by atoms with Crippen LogP contribution in [-0.2, 0) is 17.8 Å². The number of imidazole rings is 1. The minimum Gasteiger partial charge on any atom is -0.368 e. The summed E-state index contributed by atoms with van der Waals surface area (Å²) >= 11 is 12.5. The van der Waals surface area contributed by atoms with E-state index < -0.39 is 0 Å². The molecule has 1 N–H and O–H groups in total. The minimum atomic E-state index is -0.236. The van der Waals surface area contributed by atoms with Gasteiger partial charge in [-0.3, -0.25) is 0 Å². The van der Waals surface area contributed by atoms with Crippen LogP contribution in [0.25, 0.3) is 10.8 Å². The summed E-state index contributed by atoms with van der Waals surface area (Å²) in [7, 11) is 0. The standard InChI is InChI=1S/C22H18Cl2N2O/c23-17-8-9-19(20(24)12-17)21(13-22-25-10-11-26-22)27-14-16-6-3-5-15-4-1-2-7-18(15)16/h1-12,21H,13-14H2,(H,25,26). The molecule has 27 heavy (non-hydrogen) atoms. The lowest BCUT2D eigenvalue weighted by Crippen LogP contribution is -2.10. The van der Waals surface area contributed by atoms with Crippen molar-refractivity contribution in [1.29, 1.82) is 0 Å². The molecule has 1 atom stereocenters. The van der Waals surface area contributed by atoms with E-state index in [-0.39, 0.29) is 6.10 Å². The molecule has 136 valence electrons. The average molecular weight is 397 g/mol. The molecule has 0 saturated carbocycles. The fraction of sp³-hybridized carbons (Fsp3) is 0.136. The first-order chi connectivity index (χ1) is 13.2. The molecule has 3 aromatic carbocycles. The SMILES string of the molecule is Clc1ccc(C(Cc2ncc[nH]2)OCc2cccc3ccccc23)c(Cl)c1. The van der Waals surface area contributed by atoms with E-state index in [9.17, 15) is 0 Å². The van der Waals surface area contributed by atoms with E-state index >= 15 is 0 Å². The zero-order valence-electron chi connectivity index (χ0n) is 14.5. The van der Waals surface area contributed by atoms with Gasteiger partial charge in [0.15, 0.2) is 0 Å². The minimum absolute atomic E-state index is 0.236. The van der Waals surface area contributed by atoms with Gasteiger partial charge in [0.2, 0.25) is 0 Å². The first-order valence-electron chi connectivity index (χ1n) is 8.72. The number of hydrogen-bond acceptors (Lipinski definition) is 2. The molecule has 3 nitrogen and oxygen atoms in total. The van der Waals surface area contributed by atoms with Crippen molar-refractivity contribution in [2.24, 2.45) is 0 Å². The largest absolute Gasteiger partial charge is 0.368 e. The smallest absolute Gasteiger partial charge is 0.108 e. The number of halogens is 2. The molecule has 0 aliphatic carbocycles. The summed E-state index contributed by atoms with van der Waals surface area (Å²) in [6.07, 6.45) is 3.90. The Morgan fingerprint density at radius 2 is 1.85 bits per heavy atom. The average Bonchev–Trinajstić information content (AvgIpc) is 3.18. The van der Waals surface area contributed by atoms with Gasteiger partial charge in [-0.25, -0.2) is 4.98 Å². The van der Waals surface area contributed by atoms with E-state index in [0.29, 0.717) is 23.1 Å². The summed E-state index contributed by atoms with van der Waals surface area (Å²) in [6, 6.07) is 20.1. The highest BCUT2D eigenvalue weighted by Gasteiger charge is 2.18. The second kappa shape index (κ2) is 8.13. The van der Waals surface area contributed by atoms with Crippen molar-refractivity contribution in [3.8, 4) is 0 Å². The second-order valence-corrected chi connectivity index (χ2v) is 7.19. The van der Waals surface area contributed by atoms with Crippen LogP contribution in [-0.4, -0.2) is 9.97 Å². The highest BCUT2D eigenvalue weighted by atomic mass is 35.5. The summed E-state index contributed by atoms with van der Waals surface area (Å²) in [4.78, 5) is 7.46. The summed E-state index contributed by atoms with van der Waals surface area (Å²) in [5, 5.41) is 3.59. The first-order valence-corrected chi connectivity index (χ1v) is 9.48. The van der Waals surface area contributed by atoms with Gasteiger partial charge < -0.3 is 9.72 Å². The molecule has 0 fully saturated rings. The Bertz CT molecular complexity index is 1040. The molecule has 0 aliphatic heterocycles. The van der Waals surface area contributed by atoms with Gasteiger partial charge in [0.25, 0.3) is 0 Å². The number of aromatic amines is 1. The molecule has 1 heterocycles. The van der Waals surface area contributed by atoms with E-state index in [1.165, 1.54) is 10.8 Å². The molecule has 5 heteroatoms. The van der Waals surface area contributed by atoms with Crippen LogP contribution in [0, 0.1) is 0 Å². The summed E-state index contributed by atoms with van der Waals surface area (Å²) in [5.74, 6) is 0.851. The third-order valence-electron chi connectivity index (χ3n) is 4.56. The van der Waals surface area contributed by atoms with Gasteiger partial charge in [-0.15, -0.1) is 0 Å². The molecule has 0 amide bonds. The molecule has 4 aromatic rings. The Labute approximate surface area is 167 Å². The Morgan fingerprint density at radius 3 is 2.67 bits per heavy atom. The van der Waals surface area contributed by atoms with Crippen LogP contribution < -0.4 is 0 Å². The van der Waals surface area contributed by atoms with Crippen LogP contribution in [0.1, 0.15) is 23.1 Å². The molecule has 0 radical (unpaired) electrons. The maximum atomic E-state index is 6.45. The highest BCUT2D eigenvalue weighted by Crippen LogP contribution is 2.31. The van der Waals surface area contributed by atoms with E-state index in [4.69, 9.17) is 27.9 Å². The number of nitrogens with one attached hydrogen (secondary N) is 1. The number of nitrogens with zero attached hydrogens (tertiary/aromatic N) is 1. The Hall–Kier alpha value is -2.33. The van der Waals surface area contributed by atoms with Crippen molar-refractivity contribution in [3.63, 3.8) is 0 Å².